The number of fused-ring (bicyclic) bond motifs is 4. The molecule has 0 radical (unpaired) electrons. The number of benzene rings is 1. The Morgan fingerprint density at radius 1 is 1.09 bits per heavy atom. The summed E-state index contributed by atoms with van der Waals surface area (Å²) in [5.74, 6) is -1.54. The average Bonchev–Trinajstić information content (AvgIpc) is 2.69. The maximum Gasteiger partial charge on any atom is 0.160 e. The smallest absolute Gasteiger partial charge is 0.160 e. The van der Waals surface area contributed by atoms with Crippen LogP contribution >= 0.6 is 0 Å². The third-order valence-corrected chi connectivity index (χ3v) is 2.02. The lowest BCUT2D eigenvalue weighted by Gasteiger charge is -2.04. The zero-order chi connectivity index (χ0) is 7.59. The monoisotopic (exact) mass is 151 g/mol. The van der Waals surface area contributed by atoms with Crippen molar-refractivity contribution >= 4 is 10.9 Å². The van der Waals surface area contributed by atoms with Crippen LogP contribution in [0, 0.1) is 11.6 Å². The fourth-order valence-corrected chi connectivity index (χ4v) is 1.38. The van der Waals surface area contributed by atoms with Gasteiger partial charge < -0.3 is 4.57 Å². The second-order valence-corrected chi connectivity index (χ2v) is 2.67. The summed E-state index contributed by atoms with van der Waals surface area (Å²) in [6, 6.07) is 2.46. The molecule has 0 aliphatic carbocycles. The number of nitrogens with zero attached hydrogens (tertiary/aromatic N) is 1. The largest absolute Gasteiger partial charge is 0.312 e. The summed E-state index contributed by atoms with van der Waals surface area (Å²) in [6.07, 6.45) is 1.85. The van der Waals surface area contributed by atoms with Crippen LogP contribution in [0.4, 0.5) is 8.78 Å². The Morgan fingerprint density at radius 2 is 1.82 bits per heavy atom. The van der Waals surface area contributed by atoms with Crippen molar-refractivity contribution in [3.63, 3.8) is 0 Å². The lowest BCUT2D eigenvalue weighted by molar-refractivity contribution is 0.510. The van der Waals surface area contributed by atoms with Crippen LogP contribution in [0.15, 0.2) is 18.3 Å². The fraction of sp³-hybridized carbons (Fsp3) is 0. The molecule has 1 aromatic carbocycles. The van der Waals surface area contributed by atoms with Crippen molar-refractivity contribution < 1.29 is 8.78 Å². The van der Waals surface area contributed by atoms with E-state index in [-0.39, 0.29) is 0 Å². The highest BCUT2D eigenvalue weighted by molar-refractivity contribution is 6.00. The van der Waals surface area contributed by atoms with Crippen LogP contribution in [0.5, 0.6) is 0 Å². The lowest BCUT2D eigenvalue weighted by atomic mass is 10.2. The van der Waals surface area contributed by atoms with Crippen LogP contribution in [0.25, 0.3) is 16.6 Å². The van der Waals surface area contributed by atoms with E-state index in [4.69, 9.17) is 0 Å². The molecule has 2 aliphatic rings. The molecule has 0 saturated carbocycles. The summed E-state index contributed by atoms with van der Waals surface area (Å²) in [5.41, 5.74) is 1.79. The van der Waals surface area contributed by atoms with Gasteiger partial charge in [-0.15, -0.1) is 0 Å². The molecule has 3 heteroatoms. The van der Waals surface area contributed by atoms with Crippen molar-refractivity contribution in [2.24, 2.45) is 0 Å². The number of aromatic nitrogens is 1. The molecule has 0 amide bonds. The third-order valence-electron chi connectivity index (χ3n) is 2.02. The lowest BCUT2D eigenvalue weighted by Crippen LogP contribution is -1.92. The molecule has 0 bridgehead atoms. The second-order valence-electron chi connectivity index (χ2n) is 2.67. The first-order valence-corrected chi connectivity index (χ1v) is 3.28. The van der Waals surface area contributed by atoms with Crippen LogP contribution in [0.2, 0.25) is 0 Å². The van der Waals surface area contributed by atoms with Crippen molar-refractivity contribution in [3.8, 4) is 5.69 Å². The van der Waals surface area contributed by atoms with E-state index in [0.29, 0.717) is 0 Å². The molecule has 0 fully saturated rings. The van der Waals surface area contributed by atoms with Gasteiger partial charge in [0.2, 0.25) is 0 Å². The highest BCUT2D eigenvalue weighted by atomic mass is 19.2. The van der Waals surface area contributed by atoms with Gasteiger partial charge in [0.25, 0.3) is 0 Å². The first-order chi connectivity index (χ1) is 5.27. The summed E-state index contributed by atoms with van der Waals surface area (Å²) >= 11 is 0. The van der Waals surface area contributed by atoms with Gasteiger partial charge in [0.1, 0.15) is 0 Å². The van der Waals surface area contributed by atoms with E-state index in [1.807, 2.05) is 10.8 Å². The Labute approximate surface area is 60.9 Å². The molecule has 54 valence electrons. The number of hydrogen-bond acceptors (Lipinski definition) is 0. The highest BCUT2D eigenvalue weighted by Gasteiger charge is 2.24. The molecular weight excluding hydrogens is 148 g/mol. The predicted octanol–water partition coefficient (Wildman–Crippen LogP) is 2.22. The van der Waals surface area contributed by atoms with Crippen molar-refractivity contribution in [2.45, 2.75) is 0 Å². The van der Waals surface area contributed by atoms with E-state index in [0.717, 1.165) is 16.6 Å². The summed E-state index contributed by atoms with van der Waals surface area (Å²) in [7, 11) is 0. The van der Waals surface area contributed by atoms with Gasteiger partial charge >= 0.3 is 0 Å². The molecule has 0 spiro atoms. The minimum Gasteiger partial charge on any atom is -0.312 e. The molecule has 0 atom stereocenters. The van der Waals surface area contributed by atoms with Crippen LogP contribution < -0.4 is 0 Å². The Hall–Kier alpha value is -1.38. The van der Waals surface area contributed by atoms with Gasteiger partial charge in [-0.3, -0.25) is 0 Å². The molecule has 1 aromatic rings. The van der Waals surface area contributed by atoms with Crippen molar-refractivity contribution in [1.82, 2.24) is 4.57 Å². The first kappa shape index (κ1) is 5.29. The molecule has 2 heterocycles. The van der Waals surface area contributed by atoms with Gasteiger partial charge in [-0.25, -0.2) is 8.78 Å². The number of hydrogen-bond donors (Lipinski definition) is 0. The maximum atomic E-state index is 12.6. The number of rotatable bonds is 0. The van der Waals surface area contributed by atoms with E-state index < -0.39 is 11.6 Å². The third kappa shape index (κ3) is 0.461. The van der Waals surface area contributed by atoms with Gasteiger partial charge in [-0.2, -0.15) is 0 Å². The minimum atomic E-state index is -0.775. The van der Waals surface area contributed by atoms with Crippen molar-refractivity contribution in [2.75, 3.05) is 0 Å². The summed E-state index contributed by atoms with van der Waals surface area (Å²) < 4.78 is 27.0. The molecule has 0 aromatic heterocycles. The molecule has 1 nitrogen and oxygen atoms in total. The number of halogens is 2. The first-order valence-electron chi connectivity index (χ1n) is 3.28. The van der Waals surface area contributed by atoms with Crippen LogP contribution in [0.1, 0.15) is 0 Å². The summed E-state index contributed by atoms with van der Waals surface area (Å²) in [4.78, 5) is 0. The van der Waals surface area contributed by atoms with E-state index >= 15 is 0 Å². The zero-order valence-electron chi connectivity index (χ0n) is 5.44. The quantitative estimate of drug-likeness (QED) is 0.464. The molecule has 11 heavy (non-hydrogen) atoms. The summed E-state index contributed by atoms with van der Waals surface area (Å²) in [5, 5.41) is 0.823. The molecule has 2 aliphatic heterocycles. The Bertz CT molecular complexity index is 428. The van der Waals surface area contributed by atoms with Crippen molar-refractivity contribution in [3.05, 3.63) is 30.0 Å². The molecule has 0 saturated heterocycles. The average molecular weight is 151 g/mol. The van der Waals surface area contributed by atoms with Gasteiger partial charge in [-0.05, 0) is 6.07 Å². The molecule has 0 N–H and O–H groups in total. The highest BCUT2D eigenvalue weighted by Crippen LogP contribution is 2.39. The normalized spacial score (nSPS) is 12.5. The molecule has 3 rings (SSSR count). The predicted molar refractivity (Wildman–Crippen MR) is 36.7 cm³/mol. The van der Waals surface area contributed by atoms with Crippen LogP contribution in [-0.4, -0.2) is 4.57 Å². The van der Waals surface area contributed by atoms with E-state index in [1.54, 1.807) is 0 Å². The van der Waals surface area contributed by atoms with Crippen LogP contribution in [-0.2, 0) is 0 Å². The van der Waals surface area contributed by atoms with Gasteiger partial charge in [0, 0.05) is 17.6 Å². The standard InChI is InChI=1S/C8H3F2N/c9-5-1-4-7(2-6(5)10)11-3-8(4)11/h1-3H. The van der Waals surface area contributed by atoms with Gasteiger partial charge in [0.15, 0.2) is 11.6 Å². The zero-order valence-corrected chi connectivity index (χ0v) is 5.44. The molecule has 0 unspecified atom stereocenters. The fourth-order valence-electron chi connectivity index (χ4n) is 1.38. The molecular formula is C8H3F2N. The Balaban J connectivity index is 2.51. The van der Waals surface area contributed by atoms with Crippen molar-refractivity contribution in [1.29, 1.82) is 0 Å². The summed E-state index contributed by atoms with van der Waals surface area (Å²) in [6.45, 7) is 0. The topological polar surface area (TPSA) is 4.93 Å². The Kier molecular flexibility index (Phi) is 0.626. The SMILES string of the molecule is Fc1cc2c3cn-3c2cc1F. The van der Waals surface area contributed by atoms with E-state index in [2.05, 4.69) is 0 Å². The van der Waals surface area contributed by atoms with E-state index in [1.165, 1.54) is 12.1 Å². The van der Waals surface area contributed by atoms with E-state index in [9.17, 15) is 8.78 Å². The van der Waals surface area contributed by atoms with Gasteiger partial charge in [0.05, 0.1) is 11.2 Å². The van der Waals surface area contributed by atoms with Gasteiger partial charge in [-0.1, -0.05) is 0 Å². The second kappa shape index (κ2) is 1.30. The maximum absolute atomic E-state index is 12.6. The van der Waals surface area contributed by atoms with Crippen LogP contribution in [0.3, 0.4) is 0 Å². The Morgan fingerprint density at radius 3 is 2.64 bits per heavy atom. The minimum absolute atomic E-state index is 0.767.